The van der Waals surface area contributed by atoms with Crippen LogP contribution in [0.2, 0.25) is 0 Å². The first-order chi connectivity index (χ1) is 12.3. The molecule has 0 atom stereocenters. The molecular formula is C18H22N2O4S2. The van der Waals surface area contributed by atoms with Crippen LogP contribution in [0.4, 0.5) is 11.4 Å². The third-order valence-electron chi connectivity index (χ3n) is 4.26. The Balaban J connectivity index is 1.95. The van der Waals surface area contributed by atoms with Crippen LogP contribution >= 0.6 is 0 Å². The van der Waals surface area contributed by atoms with E-state index in [1.54, 1.807) is 36.4 Å². The highest BCUT2D eigenvalue weighted by Crippen LogP contribution is 2.33. The number of sulfonamides is 2. The summed E-state index contributed by atoms with van der Waals surface area (Å²) >= 11 is 0. The van der Waals surface area contributed by atoms with E-state index in [9.17, 15) is 16.8 Å². The van der Waals surface area contributed by atoms with Crippen molar-refractivity contribution in [2.24, 2.45) is 0 Å². The number of anilines is 2. The lowest BCUT2D eigenvalue weighted by Crippen LogP contribution is -2.37. The van der Waals surface area contributed by atoms with Crippen molar-refractivity contribution in [1.29, 1.82) is 0 Å². The molecule has 1 aliphatic heterocycles. The molecule has 2 aromatic carbocycles. The Morgan fingerprint density at radius 1 is 1.04 bits per heavy atom. The molecule has 2 aromatic rings. The van der Waals surface area contributed by atoms with Gasteiger partial charge in [0.1, 0.15) is 0 Å². The Kier molecular flexibility index (Phi) is 5.24. The normalized spacial score (nSPS) is 14.7. The summed E-state index contributed by atoms with van der Waals surface area (Å²) in [4.78, 5) is 0.160. The van der Waals surface area contributed by atoms with Crippen LogP contribution in [0.15, 0.2) is 53.4 Å². The second kappa shape index (κ2) is 7.28. The van der Waals surface area contributed by atoms with Crippen LogP contribution in [-0.2, 0) is 26.5 Å². The molecule has 0 aliphatic carbocycles. The van der Waals surface area contributed by atoms with Crippen molar-refractivity contribution in [3.63, 3.8) is 0 Å². The predicted octanol–water partition coefficient (Wildman–Crippen LogP) is 2.98. The molecule has 0 radical (unpaired) electrons. The summed E-state index contributed by atoms with van der Waals surface area (Å²) in [5, 5.41) is 0. The second-order valence-electron chi connectivity index (χ2n) is 6.25. The topological polar surface area (TPSA) is 83.6 Å². The van der Waals surface area contributed by atoms with Crippen LogP contribution in [0.1, 0.15) is 25.3 Å². The standard InChI is InChI=1S/C18H22N2O4S2/c1-2-13-25(21,22)20-12-6-7-15-10-11-16(14-18(15)20)19-26(23,24)17-8-4-3-5-9-17/h3-5,8-11,14,19H,2,6-7,12-13H2,1H3. The van der Waals surface area contributed by atoms with E-state index in [1.807, 2.05) is 6.92 Å². The number of hydrogen-bond acceptors (Lipinski definition) is 4. The molecule has 1 aliphatic rings. The molecule has 1 heterocycles. The minimum absolute atomic E-state index is 0.0758. The summed E-state index contributed by atoms with van der Waals surface area (Å²) in [5.74, 6) is 0.0758. The number of nitrogens with one attached hydrogen (secondary N) is 1. The van der Waals surface area contributed by atoms with Gasteiger partial charge in [-0.15, -0.1) is 0 Å². The van der Waals surface area contributed by atoms with E-state index in [4.69, 9.17) is 0 Å². The average Bonchev–Trinajstić information content (AvgIpc) is 2.61. The third-order valence-corrected chi connectivity index (χ3v) is 7.64. The van der Waals surface area contributed by atoms with Crippen molar-refractivity contribution in [3.8, 4) is 0 Å². The van der Waals surface area contributed by atoms with Gasteiger partial charge in [-0.25, -0.2) is 16.8 Å². The summed E-state index contributed by atoms with van der Waals surface area (Å²) in [6.07, 6.45) is 2.07. The van der Waals surface area contributed by atoms with Crippen molar-refractivity contribution in [1.82, 2.24) is 0 Å². The van der Waals surface area contributed by atoms with E-state index in [-0.39, 0.29) is 10.6 Å². The van der Waals surface area contributed by atoms with Crippen LogP contribution in [-0.4, -0.2) is 29.1 Å². The molecule has 0 saturated heterocycles. The van der Waals surface area contributed by atoms with Crippen LogP contribution in [0.5, 0.6) is 0 Å². The molecule has 1 N–H and O–H groups in total. The number of nitrogens with zero attached hydrogens (tertiary/aromatic N) is 1. The lowest BCUT2D eigenvalue weighted by molar-refractivity contribution is 0.585. The van der Waals surface area contributed by atoms with E-state index in [0.717, 1.165) is 18.4 Å². The molecule has 6 nitrogen and oxygen atoms in total. The number of rotatable bonds is 6. The zero-order valence-electron chi connectivity index (χ0n) is 14.6. The summed E-state index contributed by atoms with van der Waals surface area (Å²) in [6, 6.07) is 13.2. The number of fused-ring (bicyclic) bond motifs is 1. The Morgan fingerprint density at radius 2 is 1.77 bits per heavy atom. The zero-order valence-corrected chi connectivity index (χ0v) is 16.2. The molecule has 0 saturated carbocycles. The maximum absolute atomic E-state index is 12.6. The lowest BCUT2D eigenvalue weighted by Gasteiger charge is -2.31. The smallest absolute Gasteiger partial charge is 0.261 e. The zero-order chi connectivity index (χ0) is 18.8. The highest BCUT2D eigenvalue weighted by atomic mass is 32.2. The molecule has 3 rings (SSSR count). The number of hydrogen-bond donors (Lipinski definition) is 1. The van der Waals surface area contributed by atoms with Gasteiger partial charge in [0, 0.05) is 6.54 Å². The molecule has 0 spiro atoms. The molecule has 8 heteroatoms. The lowest BCUT2D eigenvalue weighted by atomic mass is 10.0. The van der Waals surface area contributed by atoms with Gasteiger partial charge in [-0.05, 0) is 49.1 Å². The highest BCUT2D eigenvalue weighted by molar-refractivity contribution is 7.93. The minimum Gasteiger partial charge on any atom is -0.280 e. The monoisotopic (exact) mass is 394 g/mol. The van der Waals surface area contributed by atoms with Gasteiger partial charge in [0.2, 0.25) is 10.0 Å². The quantitative estimate of drug-likeness (QED) is 0.816. The fraction of sp³-hybridized carbons (Fsp3) is 0.333. The van der Waals surface area contributed by atoms with Crippen LogP contribution in [0.25, 0.3) is 0 Å². The Morgan fingerprint density at radius 3 is 2.46 bits per heavy atom. The Hall–Kier alpha value is -2.06. The summed E-state index contributed by atoms with van der Waals surface area (Å²) < 4.78 is 54.1. The highest BCUT2D eigenvalue weighted by Gasteiger charge is 2.27. The molecule has 0 unspecified atom stereocenters. The van der Waals surface area contributed by atoms with Crippen LogP contribution in [0, 0.1) is 0 Å². The van der Waals surface area contributed by atoms with Gasteiger partial charge in [-0.3, -0.25) is 9.03 Å². The molecule has 26 heavy (non-hydrogen) atoms. The van der Waals surface area contributed by atoms with Crippen LogP contribution in [0.3, 0.4) is 0 Å². The van der Waals surface area contributed by atoms with Crippen LogP contribution < -0.4 is 9.03 Å². The van der Waals surface area contributed by atoms with Crippen molar-refractivity contribution >= 4 is 31.4 Å². The SMILES string of the molecule is CCCS(=O)(=O)N1CCCc2ccc(NS(=O)(=O)c3ccccc3)cc21. The first-order valence-electron chi connectivity index (χ1n) is 8.55. The minimum atomic E-state index is -3.72. The second-order valence-corrected chi connectivity index (χ2v) is 9.95. The van der Waals surface area contributed by atoms with Crippen molar-refractivity contribution in [2.45, 2.75) is 31.1 Å². The van der Waals surface area contributed by atoms with E-state index in [1.165, 1.54) is 16.4 Å². The van der Waals surface area contributed by atoms with Crippen molar-refractivity contribution in [2.75, 3.05) is 21.3 Å². The number of benzene rings is 2. The third kappa shape index (κ3) is 3.86. The first-order valence-corrected chi connectivity index (χ1v) is 11.6. The molecule has 0 aromatic heterocycles. The fourth-order valence-electron chi connectivity index (χ4n) is 3.08. The molecule has 0 amide bonds. The first kappa shape index (κ1) is 18.7. The maximum Gasteiger partial charge on any atom is 0.261 e. The van der Waals surface area contributed by atoms with Gasteiger partial charge in [-0.1, -0.05) is 31.2 Å². The van der Waals surface area contributed by atoms with Gasteiger partial charge >= 0.3 is 0 Å². The van der Waals surface area contributed by atoms with E-state index in [2.05, 4.69) is 4.72 Å². The summed E-state index contributed by atoms with van der Waals surface area (Å²) in [7, 11) is -7.12. The summed E-state index contributed by atoms with van der Waals surface area (Å²) in [5.41, 5.74) is 1.84. The van der Waals surface area contributed by atoms with Gasteiger partial charge < -0.3 is 0 Å². The van der Waals surface area contributed by atoms with Gasteiger partial charge in [-0.2, -0.15) is 0 Å². The van der Waals surface area contributed by atoms with E-state index < -0.39 is 20.0 Å². The van der Waals surface area contributed by atoms with Crippen molar-refractivity contribution in [3.05, 3.63) is 54.1 Å². The Bertz CT molecular complexity index is 987. The molecular weight excluding hydrogens is 372 g/mol. The Labute approximate surface area is 155 Å². The fourth-order valence-corrected chi connectivity index (χ4v) is 5.76. The molecule has 140 valence electrons. The molecule has 0 bridgehead atoms. The van der Waals surface area contributed by atoms with Crippen molar-refractivity contribution < 1.29 is 16.8 Å². The maximum atomic E-state index is 12.6. The largest absolute Gasteiger partial charge is 0.280 e. The van der Waals surface area contributed by atoms with Gasteiger partial charge in [0.25, 0.3) is 10.0 Å². The predicted molar refractivity (Wildman–Crippen MR) is 103 cm³/mol. The van der Waals surface area contributed by atoms with Gasteiger partial charge in [0.05, 0.1) is 22.0 Å². The van der Waals surface area contributed by atoms with E-state index >= 15 is 0 Å². The van der Waals surface area contributed by atoms with E-state index in [0.29, 0.717) is 24.3 Å². The average molecular weight is 395 g/mol. The molecule has 0 fully saturated rings. The number of aryl methyl sites for hydroxylation is 1. The van der Waals surface area contributed by atoms with Gasteiger partial charge in [0.15, 0.2) is 0 Å². The summed E-state index contributed by atoms with van der Waals surface area (Å²) in [6.45, 7) is 2.25.